The summed E-state index contributed by atoms with van der Waals surface area (Å²) >= 11 is 0. The van der Waals surface area contributed by atoms with Gasteiger partial charge in [-0.2, -0.15) is 13.8 Å². The van der Waals surface area contributed by atoms with Crippen molar-refractivity contribution in [3.05, 3.63) is 90.4 Å². The monoisotopic (exact) mass is 389 g/mol. The van der Waals surface area contributed by atoms with Crippen LogP contribution in [0.1, 0.15) is 10.5 Å². The Morgan fingerprint density at radius 1 is 0.655 bits per heavy atom. The lowest BCUT2D eigenvalue weighted by Crippen LogP contribution is -2.01. The molecule has 0 aliphatic heterocycles. The van der Waals surface area contributed by atoms with Gasteiger partial charge < -0.3 is 5.11 Å². The average Bonchev–Trinajstić information content (AvgIpc) is 2.74. The molecule has 0 aliphatic rings. The molecule has 0 saturated heterocycles. The van der Waals surface area contributed by atoms with Crippen molar-refractivity contribution in [2.45, 2.75) is 0 Å². The first-order valence-corrected chi connectivity index (χ1v) is 8.62. The third-order valence-corrected chi connectivity index (χ3v) is 4.29. The predicted molar refractivity (Wildman–Crippen MR) is 103 cm³/mol. The molecule has 4 aromatic rings. The highest BCUT2D eigenvalue weighted by Gasteiger charge is 2.14. The van der Waals surface area contributed by atoms with E-state index in [1.54, 1.807) is 42.5 Å². The number of carbonyl (C=O) groups is 1. The van der Waals surface area contributed by atoms with Crippen LogP contribution in [0.2, 0.25) is 0 Å². The van der Waals surface area contributed by atoms with E-state index in [-0.39, 0.29) is 11.3 Å². The van der Waals surface area contributed by atoms with Crippen LogP contribution in [-0.2, 0) is 0 Å². The molecule has 0 saturated carbocycles. The minimum absolute atomic E-state index is 0.0709. The molecule has 1 N–H and O–H groups in total. The number of hydrogen-bond acceptors (Lipinski definition) is 4. The van der Waals surface area contributed by atoms with E-state index in [0.717, 1.165) is 6.07 Å². The van der Waals surface area contributed by atoms with Gasteiger partial charge in [0.1, 0.15) is 5.69 Å². The van der Waals surface area contributed by atoms with Gasteiger partial charge in [0.05, 0.1) is 22.6 Å². The van der Waals surface area contributed by atoms with Gasteiger partial charge in [-0.15, -0.1) is 0 Å². The Hall–Kier alpha value is -4.00. The largest absolute Gasteiger partial charge is 0.477 e. The number of carboxylic acid groups (broad SMARTS) is 1. The molecule has 0 aliphatic carbocycles. The SMILES string of the molecule is O=C(O)c1cccc(-c2ccccc2-c2cccc(-c3ccc(F)nc3F)n2)n1. The molecule has 4 rings (SSSR count). The van der Waals surface area contributed by atoms with Crippen molar-refractivity contribution in [1.29, 1.82) is 0 Å². The lowest BCUT2D eigenvalue weighted by molar-refractivity contribution is 0.0690. The van der Waals surface area contributed by atoms with Crippen LogP contribution in [0.15, 0.2) is 72.8 Å². The highest BCUT2D eigenvalue weighted by Crippen LogP contribution is 2.31. The topological polar surface area (TPSA) is 76.0 Å². The first kappa shape index (κ1) is 18.4. The molecule has 1 aromatic carbocycles. The lowest BCUT2D eigenvalue weighted by Gasteiger charge is -2.11. The van der Waals surface area contributed by atoms with E-state index in [1.807, 2.05) is 12.1 Å². The lowest BCUT2D eigenvalue weighted by atomic mass is 10.00. The van der Waals surface area contributed by atoms with Gasteiger partial charge in [0.15, 0.2) is 0 Å². The van der Waals surface area contributed by atoms with Crippen LogP contribution >= 0.6 is 0 Å². The third kappa shape index (κ3) is 3.70. The van der Waals surface area contributed by atoms with E-state index in [9.17, 15) is 18.7 Å². The van der Waals surface area contributed by atoms with E-state index in [0.29, 0.717) is 28.2 Å². The summed E-state index contributed by atoms with van der Waals surface area (Å²) in [6, 6.07) is 19.4. The number of pyridine rings is 3. The molecule has 0 atom stereocenters. The summed E-state index contributed by atoms with van der Waals surface area (Å²) in [6.45, 7) is 0. The Morgan fingerprint density at radius 3 is 1.86 bits per heavy atom. The van der Waals surface area contributed by atoms with Gasteiger partial charge in [-0.3, -0.25) is 0 Å². The normalized spacial score (nSPS) is 10.7. The smallest absolute Gasteiger partial charge is 0.354 e. The molecule has 3 heterocycles. The number of benzene rings is 1. The second-order valence-electron chi connectivity index (χ2n) is 6.14. The molecule has 142 valence electrons. The van der Waals surface area contributed by atoms with Crippen LogP contribution in [0, 0.1) is 11.9 Å². The van der Waals surface area contributed by atoms with E-state index in [1.165, 1.54) is 12.1 Å². The van der Waals surface area contributed by atoms with Crippen molar-refractivity contribution in [2.24, 2.45) is 0 Å². The summed E-state index contributed by atoms with van der Waals surface area (Å²) in [6.07, 6.45) is 0. The summed E-state index contributed by atoms with van der Waals surface area (Å²) in [5.41, 5.74) is 2.69. The number of carboxylic acids is 1. The summed E-state index contributed by atoms with van der Waals surface area (Å²) < 4.78 is 27.2. The van der Waals surface area contributed by atoms with Gasteiger partial charge in [-0.25, -0.2) is 14.8 Å². The number of rotatable bonds is 4. The highest BCUT2D eigenvalue weighted by molar-refractivity contribution is 5.87. The maximum absolute atomic E-state index is 14.1. The number of hydrogen-bond donors (Lipinski definition) is 1. The molecule has 7 heteroatoms. The molecule has 0 unspecified atom stereocenters. The van der Waals surface area contributed by atoms with E-state index < -0.39 is 17.9 Å². The molecule has 0 bridgehead atoms. The van der Waals surface area contributed by atoms with Crippen molar-refractivity contribution in [3.63, 3.8) is 0 Å². The Morgan fingerprint density at radius 2 is 1.24 bits per heavy atom. The third-order valence-electron chi connectivity index (χ3n) is 4.29. The zero-order chi connectivity index (χ0) is 20.4. The zero-order valence-corrected chi connectivity index (χ0v) is 14.9. The minimum atomic E-state index is -1.12. The van der Waals surface area contributed by atoms with Crippen LogP contribution in [0.25, 0.3) is 33.8 Å². The van der Waals surface area contributed by atoms with Gasteiger partial charge >= 0.3 is 5.97 Å². The number of nitrogens with zero attached hydrogens (tertiary/aromatic N) is 3. The maximum Gasteiger partial charge on any atom is 0.354 e. The summed E-state index contributed by atoms with van der Waals surface area (Å²) in [4.78, 5) is 23.2. The zero-order valence-electron chi connectivity index (χ0n) is 14.9. The van der Waals surface area contributed by atoms with E-state index in [2.05, 4.69) is 15.0 Å². The number of aromatic carboxylic acids is 1. The van der Waals surface area contributed by atoms with Gasteiger partial charge in [-0.1, -0.05) is 36.4 Å². The maximum atomic E-state index is 14.1. The summed E-state index contributed by atoms with van der Waals surface area (Å²) in [5.74, 6) is -2.97. The molecule has 0 spiro atoms. The van der Waals surface area contributed by atoms with Gasteiger partial charge in [0, 0.05) is 11.1 Å². The molecule has 5 nitrogen and oxygen atoms in total. The minimum Gasteiger partial charge on any atom is -0.477 e. The predicted octanol–water partition coefficient (Wildman–Crippen LogP) is 4.85. The fourth-order valence-corrected chi connectivity index (χ4v) is 2.97. The number of aromatic nitrogens is 3. The van der Waals surface area contributed by atoms with Crippen molar-refractivity contribution in [3.8, 4) is 33.8 Å². The molecular formula is C22H13F2N3O2. The molecular weight excluding hydrogens is 376 g/mol. The second-order valence-corrected chi connectivity index (χ2v) is 6.14. The molecule has 0 radical (unpaired) electrons. The van der Waals surface area contributed by atoms with Crippen molar-refractivity contribution in [1.82, 2.24) is 15.0 Å². The first-order valence-electron chi connectivity index (χ1n) is 8.62. The van der Waals surface area contributed by atoms with Gasteiger partial charge in [0.2, 0.25) is 11.9 Å². The first-order chi connectivity index (χ1) is 14.0. The quantitative estimate of drug-likeness (QED) is 0.505. The Balaban J connectivity index is 1.83. The fraction of sp³-hybridized carbons (Fsp3) is 0. The summed E-state index contributed by atoms with van der Waals surface area (Å²) in [5, 5.41) is 9.21. The van der Waals surface area contributed by atoms with Crippen molar-refractivity contribution in [2.75, 3.05) is 0 Å². The Kier molecular flexibility index (Phi) is 4.78. The molecule has 0 amide bonds. The van der Waals surface area contributed by atoms with E-state index in [4.69, 9.17) is 0 Å². The second kappa shape index (κ2) is 7.55. The standard InChI is InChI=1S/C22H13F2N3O2/c23-20-12-11-15(21(24)27-20)18-9-3-7-16(25-18)13-5-1-2-6-14(13)17-8-4-10-19(26-17)22(28)29/h1-12H,(H,28,29). The fourth-order valence-electron chi connectivity index (χ4n) is 2.97. The van der Waals surface area contributed by atoms with E-state index >= 15 is 0 Å². The van der Waals surface area contributed by atoms with Crippen LogP contribution in [0.4, 0.5) is 8.78 Å². The average molecular weight is 389 g/mol. The van der Waals surface area contributed by atoms with Crippen LogP contribution in [0.3, 0.4) is 0 Å². The van der Waals surface area contributed by atoms with Crippen molar-refractivity contribution >= 4 is 5.97 Å². The Bertz CT molecular complexity index is 1230. The Labute approximate surface area is 164 Å². The molecule has 0 fully saturated rings. The van der Waals surface area contributed by atoms with Gasteiger partial charge in [-0.05, 0) is 36.4 Å². The van der Waals surface area contributed by atoms with Gasteiger partial charge in [0.25, 0.3) is 0 Å². The van der Waals surface area contributed by atoms with Crippen LogP contribution in [-0.4, -0.2) is 26.0 Å². The van der Waals surface area contributed by atoms with Crippen LogP contribution in [0.5, 0.6) is 0 Å². The highest BCUT2D eigenvalue weighted by atomic mass is 19.1. The molecule has 29 heavy (non-hydrogen) atoms. The summed E-state index contributed by atoms with van der Waals surface area (Å²) in [7, 11) is 0. The molecule has 3 aromatic heterocycles. The van der Waals surface area contributed by atoms with Crippen molar-refractivity contribution < 1.29 is 18.7 Å². The number of halogens is 2. The van der Waals surface area contributed by atoms with Crippen LogP contribution < -0.4 is 0 Å².